The van der Waals surface area contributed by atoms with E-state index in [0.717, 1.165) is 43.7 Å². The quantitative estimate of drug-likeness (QED) is 0.875. The second kappa shape index (κ2) is 6.35. The van der Waals surface area contributed by atoms with Crippen molar-refractivity contribution < 1.29 is 4.79 Å². The second-order valence-electron chi connectivity index (χ2n) is 5.61. The van der Waals surface area contributed by atoms with Crippen LogP contribution in [0.1, 0.15) is 34.7 Å². The average molecular weight is 301 g/mol. The zero-order valence-corrected chi connectivity index (χ0v) is 13.0. The first kappa shape index (κ1) is 14.2. The highest BCUT2D eigenvalue weighted by molar-refractivity contribution is 7.07. The monoisotopic (exact) mass is 301 g/mol. The number of pyridine rings is 1. The van der Waals surface area contributed by atoms with Gasteiger partial charge in [-0.25, -0.2) is 4.98 Å². The van der Waals surface area contributed by atoms with E-state index >= 15 is 0 Å². The highest BCUT2D eigenvalue weighted by Gasteiger charge is 2.25. The molecule has 110 valence electrons. The molecule has 0 N–H and O–H groups in total. The van der Waals surface area contributed by atoms with Crippen LogP contribution in [0.4, 0.5) is 0 Å². The van der Waals surface area contributed by atoms with Crippen LogP contribution in [0.15, 0.2) is 29.1 Å². The van der Waals surface area contributed by atoms with Crippen LogP contribution in [-0.4, -0.2) is 33.9 Å². The van der Waals surface area contributed by atoms with E-state index in [1.54, 1.807) is 5.51 Å². The second-order valence-corrected chi connectivity index (χ2v) is 6.33. The molecule has 4 nitrogen and oxygen atoms in total. The average Bonchev–Trinajstić information content (AvgIpc) is 3.01. The molecule has 0 aromatic carbocycles. The summed E-state index contributed by atoms with van der Waals surface area (Å²) in [5.41, 5.74) is 4.47. The van der Waals surface area contributed by atoms with Gasteiger partial charge in [-0.2, -0.15) is 0 Å². The zero-order valence-electron chi connectivity index (χ0n) is 12.2. The summed E-state index contributed by atoms with van der Waals surface area (Å²) in [6.07, 6.45) is 3.17. The number of aryl methyl sites for hydroxylation is 1. The molecule has 1 atom stereocenters. The fraction of sp³-hybridized carbons (Fsp3) is 0.438. The van der Waals surface area contributed by atoms with E-state index in [9.17, 15) is 4.79 Å². The summed E-state index contributed by atoms with van der Waals surface area (Å²) in [4.78, 5) is 23.0. The topological polar surface area (TPSA) is 46.1 Å². The number of amides is 1. The molecule has 0 spiro atoms. The number of likely N-dealkylation sites (tertiary alicyclic amines) is 1. The van der Waals surface area contributed by atoms with Gasteiger partial charge >= 0.3 is 0 Å². The summed E-state index contributed by atoms with van der Waals surface area (Å²) in [5, 5.41) is 1.83. The number of carbonyl (C=O) groups is 1. The Morgan fingerprint density at radius 1 is 1.48 bits per heavy atom. The minimum absolute atomic E-state index is 0.0677. The molecule has 21 heavy (non-hydrogen) atoms. The fourth-order valence-corrected chi connectivity index (χ4v) is 3.43. The molecule has 1 aliphatic rings. The van der Waals surface area contributed by atoms with Gasteiger partial charge in [0.2, 0.25) is 0 Å². The van der Waals surface area contributed by atoms with Gasteiger partial charge in [0, 0.05) is 29.9 Å². The highest BCUT2D eigenvalue weighted by atomic mass is 32.1. The van der Waals surface area contributed by atoms with E-state index < -0.39 is 0 Å². The van der Waals surface area contributed by atoms with Crippen molar-refractivity contribution >= 4 is 17.2 Å². The largest absolute Gasteiger partial charge is 0.337 e. The number of rotatable bonds is 3. The summed E-state index contributed by atoms with van der Waals surface area (Å²) in [5.74, 6) is 0.564. The van der Waals surface area contributed by atoms with Crippen molar-refractivity contribution in [1.29, 1.82) is 0 Å². The lowest BCUT2D eigenvalue weighted by molar-refractivity contribution is 0.0667. The van der Waals surface area contributed by atoms with E-state index in [4.69, 9.17) is 0 Å². The molecular formula is C16H19N3OS. The van der Waals surface area contributed by atoms with Crippen LogP contribution in [0.3, 0.4) is 0 Å². The van der Waals surface area contributed by atoms with Crippen molar-refractivity contribution in [2.24, 2.45) is 5.92 Å². The minimum Gasteiger partial charge on any atom is -0.337 e. The predicted molar refractivity (Wildman–Crippen MR) is 83.4 cm³/mol. The number of aromatic nitrogens is 2. The van der Waals surface area contributed by atoms with E-state index in [-0.39, 0.29) is 5.91 Å². The predicted octanol–water partition coefficient (Wildman–Crippen LogP) is 2.94. The van der Waals surface area contributed by atoms with Crippen LogP contribution in [0, 0.1) is 12.8 Å². The van der Waals surface area contributed by atoms with Gasteiger partial charge in [0.1, 0.15) is 5.69 Å². The molecule has 0 bridgehead atoms. The molecule has 2 aromatic rings. The normalized spacial score (nSPS) is 18.7. The molecule has 1 fully saturated rings. The Bertz CT molecular complexity index is 612. The summed E-state index contributed by atoms with van der Waals surface area (Å²) in [6, 6.07) is 6.15. The standard InChI is InChI=1S/C16H19N3OS/c1-12-4-2-6-14(18-12)8-13-5-3-7-19(9-13)16(20)15-10-21-11-17-15/h2,4,6,10-11,13H,3,5,7-9H2,1H3. The van der Waals surface area contributed by atoms with Crippen LogP contribution >= 0.6 is 11.3 Å². The summed E-state index contributed by atoms with van der Waals surface area (Å²) < 4.78 is 0. The van der Waals surface area contributed by atoms with Crippen molar-refractivity contribution in [3.63, 3.8) is 0 Å². The molecule has 0 saturated carbocycles. The van der Waals surface area contributed by atoms with Gasteiger partial charge in [0.05, 0.1) is 5.51 Å². The number of hydrogen-bond acceptors (Lipinski definition) is 4. The summed E-state index contributed by atoms with van der Waals surface area (Å²) >= 11 is 1.47. The zero-order chi connectivity index (χ0) is 14.7. The Morgan fingerprint density at radius 3 is 3.14 bits per heavy atom. The van der Waals surface area contributed by atoms with Gasteiger partial charge in [-0.05, 0) is 44.2 Å². The van der Waals surface area contributed by atoms with E-state index in [1.807, 2.05) is 23.3 Å². The maximum absolute atomic E-state index is 12.4. The molecule has 3 heterocycles. The van der Waals surface area contributed by atoms with Crippen LogP contribution in [0.25, 0.3) is 0 Å². The van der Waals surface area contributed by atoms with Crippen molar-refractivity contribution in [3.05, 3.63) is 46.2 Å². The Kier molecular flexibility index (Phi) is 4.29. The molecule has 3 rings (SSSR count). The minimum atomic E-state index is 0.0677. The molecule has 1 saturated heterocycles. The fourth-order valence-electron chi connectivity index (χ4n) is 2.91. The van der Waals surface area contributed by atoms with Gasteiger partial charge in [-0.3, -0.25) is 9.78 Å². The van der Waals surface area contributed by atoms with Crippen LogP contribution in [0.5, 0.6) is 0 Å². The van der Waals surface area contributed by atoms with Crippen LogP contribution in [-0.2, 0) is 6.42 Å². The maximum Gasteiger partial charge on any atom is 0.273 e. The number of piperidine rings is 1. The Labute approximate surface area is 128 Å². The Hall–Kier alpha value is -1.75. The summed E-state index contributed by atoms with van der Waals surface area (Å²) in [7, 11) is 0. The SMILES string of the molecule is Cc1cccc(CC2CCCN(C(=O)c3cscn3)C2)n1. The van der Waals surface area contributed by atoms with Crippen LogP contribution in [0.2, 0.25) is 0 Å². The molecule has 0 aliphatic carbocycles. The van der Waals surface area contributed by atoms with E-state index in [0.29, 0.717) is 11.6 Å². The molecule has 1 aliphatic heterocycles. The van der Waals surface area contributed by atoms with Gasteiger partial charge < -0.3 is 4.90 Å². The van der Waals surface area contributed by atoms with Gasteiger partial charge in [-0.15, -0.1) is 11.3 Å². The third-order valence-corrected chi connectivity index (χ3v) is 4.49. The maximum atomic E-state index is 12.4. The van der Waals surface area contributed by atoms with E-state index in [1.165, 1.54) is 11.3 Å². The molecular weight excluding hydrogens is 282 g/mol. The molecule has 5 heteroatoms. The molecule has 2 aromatic heterocycles. The number of nitrogens with zero attached hydrogens (tertiary/aromatic N) is 3. The Morgan fingerprint density at radius 2 is 2.38 bits per heavy atom. The first-order valence-electron chi connectivity index (χ1n) is 7.32. The highest BCUT2D eigenvalue weighted by Crippen LogP contribution is 2.21. The van der Waals surface area contributed by atoms with Crippen LogP contribution < -0.4 is 0 Å². The third kappa shape index (κ3) is 3.47. The van der Waals surface area contributed by atoms with Crippen molar-refractivity contribution in [1.82, 2.24) is 14.9 Å². The van der Waals surface area contributed by atoms with Crippen molar-refractivity contribution in [2.75, 3.05) is 13.1 Å². The van der Waals surface area contributed by atoms with Crippen molar-refractivity contribution in [3.8, 4) is 0 Å². The lowest BCUT2D eigenvalue weighted by Gasteiger charge is -2.32. The first-order chi connectivity index (χ1) is 10.2. The smallest absolute Gasteiger partial charge is 0.273 e. The number of hydrogen-bond donors (Lipinski definition) is 0. The van der Waals surface area contributed by atoms with Gasteiger partial charge in [0.15, 0.2) is 0 Å². The first-order valence-corrected chi connectivity index (χ1v) is 8.26. The van der Waals surface area contributed by atoms with E-state index in [2.05, 4.69) is 22.1 Å². The lowest BCUT2D eigenvalue weighted by atomic mass is 9.93. The van der Waals surface area contributed by atoms with Gasteiger partial charge in [-0.1, -0.05) is 6.07 Å². The number of carbonyl (C=O) groups excluding carboxylic acids is 1. The van der Waals surface area contributed by atoms with Gasteiger partial charge in [0.25, 0.3) is 5.91 Å². The molecule has 1 amide bonds. The number of thiazole rings is 1. The molecule has 1 unspecified atom stereocenters. The van der Waals surface area contributed by atoms with Crippen molar-refractivity contribution in [2.45, 2.75) is 26.2 Å². The lowest BCUT2D eigenvalue weighted by Crippen LogP contribution is -2.40. The third-order valence-electron chi connectivity index (χ3n) is 3.90. The summed E-state index contributed by atoms with van der Waals surface area (Å²) in [6.45, 7) is 3.67. The molecule has 0 radical (unpaired) electrons. The Balaban J connectivity index is 1.64.